The van der Waals surface area contributed by atoms with Gasteiger partial charge in [-0.25, -0.2) is 8.42 Å². The van der Waals surface area contributed by atoms with E-state index in [0.717, 1.165) is 0 Å². The average Bonchev–Trinajstić information content (AvgIpc) is 2.38. The van der Waals surface area contributed by atoms with Crippen LogP contribution in [0.3, 0.4) is 0 Å². The Bertz CT molecular complexity index is 681. The SMILES string of the molecule is COc1ccccc1S(=O)(=O)Cc1cccc(Cl)c1. The topological polar surface area (TPSA) is 43.4 Å². The third kappa shape index (κ3) is 3.28. The van der Waals surface area contributed by atoms with Crippen molar-refractivity contribution in [3.8, 4) is 5.75 Å². The van der Waals surface area contributed by atoms with Crippen molar-refractivity contribution in [1.82, 2.24) is 0 Å². The summed E-state index contributed by atoms with van der Waals surface area (Å²) in [7, 11) is -2.00. The molecule has 5 heteroatoms. The van der Waals surface area contributed by atoms with Crippen molar-refractivity contribution in [1.29, 1.82) is 0 Å². The second-order valence-electron chi connectivity index (χ2n) is 4.04. The maximum absolute atomic E-state index is 12.4. The highest BCUT2D eigenvalue weighted by molar-refractivity contribution is 7.90. The first kappa shape index (κ1) is 13.9. The number of hydrogen-bond donors (Lipinski definition) is 0. The fraction of sp³-hybridized carbons (Fsp3) is 0.143. The molecular formula is C14H13ClO3S. The van der Waals surface area contributed by atoms with Gasteiger partial charge in [-0.3, -0.25) is 0 Å². The monoisotopic (exact) mass is 296 g/mol. The minimum Gasteiger partial charge on any atom is -0.495 e. The molecule has 0 aromatic heterocycles. The number of rotatable bonds is 4. The highest BCUT2D eigenvalue weighted by Crippen LogP contribution is 2.26. The predicted molar refractivity (Wildman–Crippen MR) is 75.3 cm³/mol. The molecule has 0 fully saturated rings. The molecule has 0 heterocycles. The Morgan fingerprint density at radius 2 is 1.84 bits per heavy atom. The van der Waals surface area contributed by atoms with E-state index in [1.54, 1.807) is 48.5 Å². The van der Waals surface area contributed by atoms with Gasteiger partial charge in [-0.2, -0.15) is 0 Å². The lowest BCUT2D eigenvalue weighted by Crippen LogP contribution is -2.06. The number of ether oxygens (including phenoxy) is 1. The summed E-state index contributed by atoms with van der Waals surface area (Å²) in [4.78, 5) is 0.192. The van der Waals surface area contributed by atoms with E-state index in [1.165, 1.54) is 7.11 Å². The van der Waals surface area contributed by atoms with Gasteiger partial charge in [0.2, 0.25) is 0 Å². The minimum absolute atomic E-state index is 0.103. The molecule has 2 aromatic carbocycles. The molecular weight excluding hydrogens is 284 g/mol. The summed E-state index contributed by atoms with van der Waals surface area (Å²) in [6, 6.07) is 13.4. The first-order valence-corrected chi connectivity index (χ1v) is 7.66. The molecule has 100 valence electrons. The molecule has 0 bridgehead atoms. The average molecular weight is 297 g/mol. The number of para-hydroxylation sites is 1. The lowest BCUT2D eigenvalue weighted by Gasteiger charge is -2.09. The van der Waals surface area contributed by atoms with Gasteiger partial charge in [-0.15, -0.1) is 0 Å². The highest BCUT2D eigenvalue weighted by Gasteiger charge is 2.19. The van der Waals surface area contributed by atoms with Crippen molar-refractivity contribution < 1.29 is 13.2 Å². The summed E-state index contributed by atoms with van der Waals surface area (Å²) in [6.45, 7) is 0. The van der Waals surface area contributed by atoms with Crippen LogP contribution in [-0.4, -0.2) is 15.5 Å². The van der Waals surface area contributed by atoms with Crippen molar-refractivity contribution in [2.75, 3.05) is 7.11 Å². The van der Waals surface area contributed by atoms with E-state index in [0.29, 0.717) is 16.3 Å². The van der Waals surface area contributed by atoms with Crippen LogP contribution in [0, 0.1) is 0 Å². The summed E-state index contributed by atoms with van der Waals surface area (Å²) < 4.78 is 29.8. The van der Waals surface area contributed by atoms with Crippen molar-refractivity contribution in [2.45, 2.75) is 10.6 Å². The van der Waals surface area contributed by atoms with E-state index in [9.17, 15) is 8.42 Å². The molecule has 0 aliphatic rings. The number of sulfone groups is 1. The molecule has 2 rings (SSSR count). The third-order valence-electron chi connectivity index (χ3n) is 2.65. The van der Waals surface area contributed by atoms with Crippen molar-refractivity contribution in [3.05, 3.63) is 59.1 Å². The number of hydrogen-bond acceptors (Lipinski definition) is 3. The maximum Gasteiger partial charge on any atom is 0.186 e. The minimum atomic E-state index is -3.46. The lowest BCUT2D eigenvalue weighted by molar-refractivity contribution is 0.402. The van der Waals surface area contributed by atoms with Crippen LogP contribution in [0.5, 0.6) is 5.75 Å². The highest BCUT2D eigenvalue weighted by atomic mass is 35.5. The summed E-state index contributed by atoms with van der Waals surface area (Å²) in [5.74, 6) is 0.248. The van der Waals surface area contributed by atoms with Crippen molar-refractivity contribution in [3.63, 3.8) is 0 Å². The Morgan fingerprint density at radius 3 is 2.53 bits per heavy atom. The second kappa shape index (κ2) is 5.63. The zero-order chi connectivity index (χ0) is 13.9. The van der Waals surface area contributed by atoms with Crippen molar-refractivity contribution in [2.24, 2.45) is 0 Å². The van der Waals surface area contributed by atoms with Gasteiger partial charge in [-0.1, -0.05) is 35.9 Å². The summed E-state index contributed by atoms with van der Waals surface area (Å²) in [5, 5.41) is 0.521. The van der Waals surface area contributed by atoms with Gasteiger partial charge < -0.3 is 4.74 Å². The molecule has 0 atom stereocenters. The molecule has 0 amide bonds. The van der Waals surface area contributed by atoms with Crippen LogP contribution in [0.4, 0.5) is 0 Å². The Balaban J connectivity index is 2.38. The number of methoxy groups -OCH3 is 1. The first-order chi connectivity index (χ1) is 9.03. The van der Waals surface area contributed by atoms with E-state index in [-0.39, 0.29) is 10.6 Å². The van der Waals surface area contributed by atoms with Crippen LogP contribution in [0.25, 0.3) is 0 Å². The fourth-order valence-corrected chi connectivity index (χ4v) is 3.53. The van der Waals surface area contributed by atoms with Crippen LogP contribution in [0.15, 0.2) is 53.4 Å². The molecule has 0 aliphatic carbocycles. The Hall–Kier alpha value is -1.52. The summed E-state index contributed by atoms with van der Waals surface area (Å²) in [6.07, 6.45) is 0. The zero-order valence-electron chi connectivity index (χ0n) is 10.3. The van der Waals surface area contributed by atoms with Gasteiger partial charge in [0.1, 0.15) is 10.6 Å². The Labute approximate surface area is 117 Å². The van der Waals surface area contributed by atoms with E-state index in [2.05, 4.69) is 0 Å². The Kier molecular flexibility index (Phi) is 4.12. The molecule has 3 nitrogen and oxygen atoms in total. The number of halogens is 1. The van der Waals surface area contributed by atoms with Gasteiger partial charge in [-0.05, 0) is 29.8 Å². The number of benzene rings is 2. The Morgan fingerprint density at radius 1 is 1.11 bits per heavy atom. The molecule has 19 heavy (non-hydrogen) atoms. The molecule has 0 spiro atoms. The fourth-order valence-electron chi connectivity index (χ4n) is 1.80. The molecule has 0 saturated carbocycles. The second-order valence-corrected chi connectivity index (χ2v) is 6.43. The van der Waals surface area contributed by atoms with Crippen LogP contribution in [0.1, 0.15) is 5.56 Å². The van der Waals surface area contributed by atoms with E-state index in [4.69, 9.17) is 16.3 Å². The van der Waals surface area contributed by atoms with Gasteiger partial charge in [0.15, 0.2) is 9.84 Å². The molecule has 0 radical (unpaired) electrons. The quantitative estimate of drug-likeness (QED) is 0.869. The molecule has 2 aromatic rings. The lowest BCUT2D eigenvalue weighted by atomic mass is 10.2. The van der Waals surface area contributed by atoms with E-state index in [1.807, 2.05) is 0 Å². The van der Waals surface area contributed by atoms with Gasteiger partial charge in [0.05, 0.1) is 12.9 Å². The van der Waals surface area contributed by atoms with Crippen LogP contribution in [-0.2, 0) is 15.6 Å². The first-order valence-electron chi connectivity index (χ1n) is 5.63. The van der Waals surface area contributed by atoms with Gasteiger partial charge >= 0.3 is 0 Å². The van der Waals surface area contributed by atoms with E-state index >= 15 is 0 Å². The summed E-state index contributed by atoms with van der Waals surface area (Å²) >= 11 is 5.86. The molecule has 0 aliphatic heterocycles. The van der Waals surface area contributed by atoms with Crippen LogP contribution < -0.4 is 4.74 Å². The maximum atomic E-state index is 12.4. The normalized spacial score (nSPS) is 11.3. The molecule has 0 N–H and O–H groups in total. The molecule has 0 saturated heterocycles. The van der Waals surface area contributed by atoms with Gasteiger partial charge in [0.25, 0.3) is 0 Å². The zero-order valence-corrected chi connectivity index (χ0v) is 11.9. The molecule has 0 unspecified atom stereocenters. The predicted octanol–water partition coefficient (Wildman–Crippen LogP) is 3.32. The standard InChI is InChI=1S/C14H13ClO3S/c1-18-13-7-2-3-8-14(13)19(16,17)10-11-5-4-6-12(15)9-11/h2-9H,10H2,1H3. The van der Waals surface area contributed by atoms with Crippen LogP contribution >= 0.6 is 11.6 Å². The van der Waals surface area contributed by atoms with E-state index < -0.39 is 9.84 Å². The third-order valence-corrected chi connectivity index (χ3v) is 4.61. The van der Waals surface area contributed by atoms with Crippen molar-refractivity contribution >= 4 is 21.4 Å². The van der Waals surface area contributed by atoms with Gasteiger partial charge in [0, 0.05) is 5.02 Å². The smallest absolute Gasteiger partial charge is 0.186 e. The summed E-state index contributed by atoms with van der Waals surface area (Å²) in [5.41, 5.74) is 0.651. The largest absolute Gasteiger partial charge is 0.495 e. The van der Waals surface area contributed by atoms with Crippen LogP contribution in [0.2, 0.25) is 5.02 Å².